The molecule has 0 bridgehead atoms. The first-order valence-corrected chi connectivity index (χ1v) is 12.4. The molecule has 0 atom stereocenters. The summed E-state index contributed by atoms with van der Waals surface area (Å²) in [4.78, 5) is 33.0. The van der Waals surface area contributed by atoms with E-state index in [2.05, 4.69) is 10.6 Å². The number of hydrogen-bond donors (Lipinski definition) is 2. The number of carbonyl (C=O) groups is 1. The minimum Gasteiger partial charge on any atom is -0.497 e. The topological polar surface area (TPSA) is 88.5 Å². The largest absolute Gasteiger partial charge is 0.497 e. The van der Waals surface area contributed by atoms with Gasteiger partial charge in [0.25, 0.3) is 5.56 Å². The average Bonchev–Trinajstić information content (AvgIpc) is 2.94. The molecule has 10 heteroatoms. The molecule has 0 spiro atoms. The standard InChI is InChI=1S/C28H25ClFN5O3/c1-38-21-10-7-18(8-11-21)16-31-27-32-24-13-14-34(28(37)33-25-12-9-19(29)15-23(25)30)17-22(24)26(36)35(27)20-5-3-2-4-6-20/h2-12,15H,13-14,16-17H2,1H3,(H,31,32)(H,33,37). The molecule has 38 heavy (non-hydrogen) atoms. The Morgan fingerprint density at radius 3 is 2.58 bits per heavy atom. The molecule has 1 aliphatic heterocycles. The van der Waals surface area contributed by atoms with E-state index < -0.39 is 11.8 Å². The van der Waals surface area contributed by atoms with Gasteiger partial charge in [-0.2, -0.15) is 0 Å². The second kappa shape index (κ2) is 10.9. The van der Waals surface area contributed by atoms with Crippen LogP contribution in [0.25, 0.3) is 5.69 Å². The first-order chi connectivity index (χ1) is 18.4. The molecule has 1 aliphatic rings. The maximum absolute atomic E-state index is 14.2. The van der Waals surface area contributed by atoms with Crippen molar-refractivity contribution < 1.29 is 13.9 Å². The van der Waals surface area contributed by atoms with Crippen LogP contribution in [0.4, 0.5) is 20.8 Å². The lowest BCUT2D eigenvalue weighted by Gasteiger charge is -2.29. The van der Waals surface area contributed by atoms with Gasteiger partial charge < -0.3 is 20.3 Å². The predicted octanol–water partition coefficient (Wildman–Crippen LogP) is 5.24. The zero-order chi connectivity index (χ0) is 26.6. The van der Waals surface area contributed by atoms with Gasteiger partial charge in [-0.05, 0) is 48.0 Å². The minimum atomic E-state index is -0.635. The molecule has 5 rings (SSSR count). The van der Waals surface area contributed by atoms with Crippen LogP contribution in [0, 0.1) is 5.82 Å². The molecule has 2 N–H and O–H groups in total. The van der Waals surface area contributed by atoms with Gasteiger partial charge in [-0.1, -0.05) is 41.9 Å². The van der Waals surface area contributed by atoms with Crippen LogP contribution < -0.4 is 20.9 Å². The first-order valence-electron chi connectivity index (χ1n) is 12.0. The molecule has 2 heterocycles. The number of hydrogen-bond acceptors (Lipinski definition) is 5. The second-order valence-electron chi connectivity index (χ2n) is 8.76. The van der Waals surface area contributed by atoms with Gasteiger partial charge in [0.2, 0.25) is 5.95 Å². The highest BCUT2D eigenvalue weighted by Gasteiger charge is 2.27. The molecule has 2 amide bonds. The fraction of sp³-hybridized carbons (Fsp3) is 0.179. The molecule has 0 radical (unpaired) electrons. The molecule has 0 fully saturated rings. The van der Waals surface area contributed by atoms with Gasteiger partial charge in [-0.3, -0.25) is 4.79 Å². The van der Waals surface area contributed by atoms with E-state index in [1.807, 2.05) is 54.6 Å². The minimum absolute atomic E-state index is 0.0168. The van der Waals surface area contributed by atoms with E-state index in [-0.39, 0.29) is 22.8 Å². The van der Waals surface area contributed by atoms with Crippen LogP contribution in [0.1, 0.15) is 16.8 Å². The van der Waals surface area contributed by atoms with Crippen LogP contribution in [0.5, 0.6) is 5.75 Å². The third kappa shape index (κ3) is 5.33. The summed E-state index contributed by atoms with van der Waals surface area (Å²) in [7, 11) is 1.61. The molecule has 0 saturated carbocycles. The van der Waals surface area contributed by atoms with E-state index in [4.69, 9.17) is 21.3 Å². The third-order valence-electron chi connectivity index (χ3n) is 6.31. The molecular formula is C28H25ClFN5O3. The molecule has 0 saturated heterocycles. The zero-order valence-corrected chi connectivity index (χ0v) is 21.3. The quantitative estimate of drug-likeness (QED) is 0.354. The van der Waals surface area contributed by atoms with Crippen molar-refractivity contribution in [3.8, 4) is 11.4 Å². The summed E-state index contributed by atoms with van der Waals surface area (Å²) in [5.74, 6) is 0.537. The zero-order valence-electron chi connectivity index (χ0n) is 20.6. The lowest BCUT2D eigenvalue weighted by atomic mass is 10.1. The summed E-state index contributed by atoms with van der Waals surface area (Å²) in [5.41, 5.74) is 2.43. The normalized spacial score (nSPS) is 12.6. The number of aromatic nitrogens is 2. The number of nitrogens with one attached hydrogen (secondary N) is 2. The van der Waals surface area contributed by atoms with Gasteiger partial charge in [-0.15, -0.1) is 0 Å². The average molecular weight is 534 g/mol. The van der Waals surface area contributed by atoms with Crippen molar-refractivity contribution in [1.29, 1.82) is 0 Å². The molecule has 8 nitrogen and oxygen atoms in total. The SMILES string of the molecule is COc1ccc(CNc2nc3c(c(=O)n2-c2ccccc2)CN(C(=O)Nc2ccc(Cl)cc2F)CC3)cc1. The van der Waals surface area contributed by atoms with Crippen LogP contribution in [0.15, 0.2) is 77.6 Å². The predicted molar refractivity (Wildman–Crippen MR) is 145 cm³/mol. The smallest absolute Gasteiger partial charge is 0.322 e. The van der Waals surface area contributed by atoms with Gasteiger partial charge in [-0.25, -0.2) is 18.7 Å². The number of urea groups is 1. The Kier molecular flexibility index (Phi) is 7.28. The number of nitrogens with zero attached hydrogens (tertiary/aromatic N) is 3. The monoisotopic (exact) mass is 533 g/mol. The van der Waals surface area contributed by atoms with Crippen LogP contribution >= 0.6 is 11.6 Å². The Morgan fingerprint density at radius 2 is 1.87 bits per heavy atom. The fourth-order valence-corrected chi connectivity index (χ4v) is 4.45. The number of benzene rings is 3. The van der Waals surface area contributed by atoms with Crippen LogP contribution in [-0.2, 0) is 19.5 Å². The summed E-state index contributed by atoms with van der Waals surface area (Å²) < 4.78 is 20.9. The molecule has 0 unspecified atom stereocenters. The van der Waals surface area contributed by atoms with E-state index in [1.54, 1.807) is 7.11 Å². The Hall–Kier alpha value is -4.37. The van der Waals surface area contributed by atoms with Crippen LogP contribution in [-0.4, -0.2) is 34.1 Å². The Balaban J connectivity index is 1.43. The highest BCUT2D eigenvalue weighted by atomic mass is 35.5. The van der Waals surface area contributed by atoms with Crippen molar-refractivity contribution in [1.82, 2.24) is 14.5 Å². The first kappa shape index (κ1) is 25.3. The molecule has 3 aromatic carbocycles. The summed E-state index contributed by atoms with van der Waals surface area (Å²) in [5, 5.41) is 6.10. The van der Waals surface area contributed by atoms with Crippen molar-refractivity contribution in [2.24, 2.45) is 0 Å². The third-order valence-corrected chi connectivity index (χ3v) is 6.55. The highest BCUT2D eigenvalue weighted by Crippen LogP contribution is 2.23. The molecule has 1 aromatic heterocycles. The van der Waals surface area contributed by atoms with Crippen molar-refractivity contribution in [2.45, 2.75) is 19.5 Å². The maximum atomic E-state index is 14.2. The Labute approximate surface area is 223 Å². The summed E-state index contributed by atoms with van der Waals surface area (Å²) in [6, 6.07) is 20.3. The van der Waals surface area contributed by atoms with E-state index in [0.29, 0.717) is 42.4 Å². The number of halogens is 2. The van der Waals surface area contributed by atoms with E-state index in [9.17, 15) is 14.0 Å². The van der Waals surface area contributed by atoms with Crippen LogP contribution in [0.2, 0.25) is 5.02 Å². The summed E-state index contributed by atoms with van der Waals surface area (Å²) in [6.07, 6.45) is 0.383. The van der Waals surface area contributed by atoms with Crippen LogP contribution in [0.3, 0.4) is 0 Å². The van der Waals surface area contributed by atoms with Gasteiger partial charge in [0.05, 0.1) is 36.3 Å². The van der Waals surface area contributed by atoms with E-state index >= 15 is 0 Å². The maximum Gasteiger partial charge on any atom is 0.322 e. The number of carbonyl (C=O) groups excluding carboxylic acids is 1. The summed E-state index contributed by atoms with van der Waals surface area (Å²) in [6.45, 7) is 0.824. The molecular weight excluding hydrogens is 509 g/mol. The number of amides is 2. The molecule has 4 aromatic rings. The number of methoxy groups -OCH3 is 1. The van der Waals surface area contributed by atoms with Crippen molar-refractivity contribution in [2.75, 3.05) is 24.3 Å². The van der Waals surface area contributed by atoms with E-state index in [1.165, 1.54) is 21.6 Å². The molecule has 0 aliphatic carbocycles. The van der Waals surface area contributed by atoms with Crippen molar-refractivity contribution in [3.63, 3.8) is 0 Å². The number of anilines is 2. The lowest BCUT2D eigenvalue weighted by Crippen LogP contribution is -2.43. The van der Waals surface area contributed by atoms with Gasteiger partial charge in [0, 0.05) is 24.5 Å². The summed E-state index contributed by atoms with van der Waals surface area (Å²) >= 11 is 5.81. The lowest BCUT2D eigenvalue weighted by molar-refractivity contribution is 0.205. The number of fused-ring (bicyclic) bond motifs is 1. The van der Waals surface area contributed by atoms with E-state index in [0.717, 1.165) is 17.4 Å². The number of ether oxygens (including phenoxy) is 1. The van der Waals surface area contributed by atoms with Crippen molar-refractivity contribution in [3.05, 3.63) is 111 Å². The Morgan fingerprint density at radius 1 is 1.11 bits per heavy atom. The van der Waals surface area contributed by atoms with Gasteiger partial charge in [0.1, 0.15) is 11.6 Å². The van der Waals surface area contributed by atoms with Gasteiger partial charge >= 0.3 is 6.03 Å². The number of rotatable bonds is 6. The number of para-hydroxylation sites is 1. The highest BCUT2D eigenvalue weighted by molar-refractivity contribution is 6.30. The Bertz CT molecular complexity index is 1530. The van der Waals surface area contributed by atoms with Gasteiger partial charge in [0.15, 0.2) is 0 Å². The van der Waals surface area contributed by atoms with Crippen molar-refractivity contribution >= 4 is 29.3 Å². The molecule has 194 valence electrons. The second-order valence-corrected chi connectivity index (χ2v) is 9.20. The fourth-order valence-electron chi connectivity index (χ4n) is 4.29.